The van der Waals surface area contributed by atoms with E-state index in [1.807, 2.05) is 0 Å². The normalized spacial score (nSPS) is 10.2. The van der Waals surface area contributed by atoms with Crippen molar-refractivity contribution in [3.8, 4) is 17.2 Å². The van der Waals surface area contributed by atoms with Crippen molar-refractivity contribution < 1.29 is 24.1 Å². The largest absolute Gasteiger partial charge is 0.508 e. The van der Waals surface area contributed by atoms with Gasteiger partial charge in [-0.1, -0.05) is 0 Å². The summed E-state index contributed by atoms with van der Waals surface area (Å²) in [6, 6.07) is 7.53. The number of anilines is 1. The smallest absolute Gasteiger partial charge is 0.255 e. The molecule has 0 fully saturated rings. The van der Waals surface area contributed by atoms with E-state index in [1.54, 1.807) is 6.92 Å². The van der Waals surface area contributed by atoms with E-state index in [1.165, 1.54) is 24.3 Å². The second-order valence-electron chi connectivity index (χ2n) is 4.27. The standard InChI is InChI=1S/C15H14FNO4/c1-2-21-14-4-3-10(7-13(14)16)17-15(20)9-5-11(18)8-12(19)6-9/h3-8,18-19H,2H2,1H3,(H,17,20). The van der Waals surface area contributed by atoms with E-state index in [2.05, 4.69) is 5.32 Å². The first kappa shape index (κ1) is 14.6. The van der Waals surface area contributed by atoms with Crippen molar-refractivity contribution in [2.45, 2.75) is 6.92 Å². The summed E-state index contributed by atoms with van der Waals surface area (Å²) < 4.78 is 18.7. The summed E-state index contributed by atoms with van der Waals surface area (Å²) in [5.41, 5.74) is 0.297. The monoisotopic (exact) mass is 291 g/mol. The quantitative estimate of drug-likeness (QED) is 0.809. The summed E-state index contributed by atoms with van der Waals surface area (Å²) >= 11 is 0. The number of benzene rings is 2. The lowest BCUT2D eigenvalue weighted by Gasteiger charge is -2.09. The molecular weight excluding hydrogens is 277 g/mol. The molecule has 0 unspecified atom stereocenters. The Bertz CT molecular complexity index is 652. The number of carbonyl (C=O) groups excluding carboxylic acids is 1. The molecule has 0 aliphatic heterocycles. The lowest BCUT2D eigenvalue weighted by molar-refractivity contribution is 0.102. The molecule has 6 heteroatoms. The molecule has 110 valence electrons. The minimum absolute atomic E-state index is 0.0572. The third kappa shape index (κ3) is 3.62. The Hall–Kier alpha value is -2.76. The summed E-state index contributed by atoms with van der Waals surface area (Å²) in [6.45, 7) is 2.08. The van der Waals surface area contributed by atoms with Crippen LogP contribution in [-0.4, -0.2) is 22.7 Å². The maximum Gasteiger partial charge on any atom is 0.255 e. The molecule has 0 saturated carbocycles. The Morgan fingerprint density at radius 3 is 2.43 bits per heavy atom. The number of phenols is 2. The van der Waals surface area contributed by atoms with E-state index in [4.69, 9.17) is 4.74 Å². The summed E-state index contributed by atoms with van der Waals surface area (Å²) in [7, 11) is 0. The van der Waals surface area contributed by atoms with Crippen molar-refractivity contribution in [3.05, 3.63) is 47.8 Å². The van der Waals surface area contributed by atoms with Gasteiger partial charge in [-0.25, -0.2) is 4.39 Å². The first-order valence-electron chi connectivity index (χ1n) is 6.26. The predicted octanol–water partition coefficient (Wildman–Crippen LogP) is 2.89. The van der Waals surface area contributed by atoms with Gasteiger partial charge in [0, 0.05) is 23.4 Å². The van der Waals surface area contributed by atoms with Gasteiger partial charge in [-0.05, 0) is 31.2 Å². The van der Waals surface area contributed by atoms with Gasteiger partial charge < -0.3 is 20.3 Å². The van der Waals surface area contributed by atoms with Crippen molar-refractivity contribution in [1.29, 1.82) is 0 Å². The first-order valence-corrected chi connectivity index (χ1v) is 6.26. The summed E-state index contributed by atoms with van der Waals surface area (Å²) in [4.78, 5) is 12.0. The maximum atomic E-state index is 13.7. The van der Waals surface area contributed by atoms with Gasteiger partial charge in [0.15, 0.2) is 11.6 Å². The molecule has 0 saturated heterocycles. The Balaban J connectivity index is 2.17. The summed E-state index contributed by atoms with van der Waals surface area (Å²) in [5, 5.41) is 21.1. The van der Waals surface area contributed by atoms with E-state index in [9.17, 15) is 19.4 Å². The third-order valence-corrected chi connectivity index (χ3v) is 2.65. The van der Waals surface area contributed by atoms with Gasteiger partial charge in [0.1, 0.15) is 11.5 Å². The average Bonchev–Trinajstić information content (AvgIpc) is 2.41. The van der Waals surface area contributed by atoms with Crippen LogP contribution in [0.5, 0.6) is 17.2 Å². The fourth-order valence-electron chi connectivity index (χ4n) is 1.78. The molecule has 0 atom stereocenters. The molecule has 0 spiro atoms. The van der Waals surface area contributed by atoms with Gasteiger partial charge in [-0.3, -0.25) is 4.79 Å². The third-order valence-electron chi connectivity index (χ3n) is 2.65. The Labute approximate surface area is 120 Å². The number of amides is 1. The number of nitrogens with one attached hydrogen (secondary N) is 1. The van der Waals surface area contributed by atoms with Crippen LogP contribution in [0.1, 0.15) is 17.3 Å². The SMILES string of the molecule is CCOc1ccc(NC(=O)c2cc(O)cc(O)c2)cc1F. The zero-order chi connectivity index (χ0) is 15.4. The summed E-state index contributed by atoms with van der Waals surface area (Å²) in [5.74, 6) is -1.54. The molecule has 0 heterocycles. The predicted molar refractivity (Wildman–Crippen MR) is 75.3 cm³/mol. The second kappa shape index (κ2) is 6.13. The number of aromatic hydroxyl groups is 2. The van der Waals surface area contributed by atoms with E-state index >= 15 is 0 Å². The molecule has 1 amide bonds. The van der Waals surface area contributed by atoms with Gasteiger partial charge in [0.25, 0.3) is 5.91 Å². The molecule has 0 bridgehead atoms. The molecular formula is C15H14FNO4. The van der Waals surface area contributed by atoms with E-state index in [0.717, 1.165) is 12.1 Å². The van der Waals surface area contributed by atoms with Gasteiger partial charge in [0.05, 0.1) is 6.61 Å². The average molecular weight is 291 g/mol. The molecule has 21 heavy (non-hydrogen) atoms. The number of hydrogen-bond donors (Lipinski definition) is 3. The topological polar surface area (TPSA) is 78.8 Å². The highest BCUT2D eigenvalue weighted by atomic mass is 19.1. The van der Waals surface area contributed by atoms with Crippen LogP contribution in [0, 0.1) is 5.82 Å². The van der Waals surface area contributed by atoms with Crippen molar-refractivity contribution in [3.63, 3.8) is 0 Å². The van der Waals surface area contributed by atoms with Gasteiger partial charge >= 0.3 is 0 Å². The zero-order valence-corrected chi connectivity index (χ0v) is 11.3. The van der Waals surface area contributed by atoms with Crippen LogP contribution in [0.3, 0.4) is 0 Å². The highest BCUT2D eigenvalue weighted by Gasteiger charge is 2.11. The number of carbonyl (C=O) groups is 1. The van der Waals surface area contributed by atoms with E-state index in [-0.39, 0.29) is 28.5 Å². The number of halogens is 1. The van der Waals surface area contributed by atoms with Crippen LogP contribution >= 0.6 is 0 Å². The van der Waals surface area contributed by atoms with Crippen molar-refractivity contribution in [1.82, 2.24) is 0 Å². The number of ether oxygens (including phenoxy) is 1. The molecule has 5 nitrogen and oxygen atoms in total. The van der Waals surface area contributed by atoms with Crippen LogP contribution in [0.4, 0.5) is 10.1 Å². The molecule has 2 rings (SSSR count). The minimum atomic E-state index is -0.589. The molecule has 0 aromatic heterocycles. The molecule has 2 aromatic rings. The minimum Gasteiger partial charge on any atom is -0.508 e. The van der Waals surface area contributed by atoms with Gasteiger partial charge in [-0.15, -0.1) is 0 Å². The van der Waals surface area contributed by atoms with Crippen molar-refractivity contribution in [2.75, 3.05) is 11.9 Å². The van der Waals surface area contributed by atoms with Gasteiger partial charge in [0.2, 0.25) is 0 Å². The number of rotatable bonds is 4. The van der Waals surface area contributed by atoms with Crippen LogP contribution in [0.2, 0.25) is 0 Å². The lowest BCUT2D eigenvalue weighted by atomic mass is 10.2. The lowest BCUT2D eigenvalue weighted by Crippen LogP contribution is -2.12. The maximum absolute atomic E-state index is 13.7. The first-order chi connectivity index (χ1) is 9.99. The van der Waals surface area contributed by atoms with Crippen molar-refractivity contribution >= 4 is 11.6 Å². The Morgan fingerprint density at radius 2 is 1.86 bits per heavy atom. The van der Waals surface area contributed by atoms with Crippen LogP contribution in [0.15, 0.2) is 36.4 Å². The van der Waals surface area contributed by atoms with E-state index < -0.39 is 11.7 Å². The van der Waals surface area contributed by atoms with Crippen LogP contribution < -0.4 is 10.1 Å². The highest BCUT2D eigenvalue weighted by molar-refractivity contribution is 6.04. The van der Waals surface area contributed by atoms with Crippen LogP contribution in [0.25, 0.3) is 0 Å². The fourth-order valence-corrected chi connectivity index (χ4v) is 1.78. The second-order valence-corrected chi connectivity index (χ2v) is 4.27. The Kier molecular flexibility index (Phi) is 4.27. The molecule has 0 aliphatic carbocycles. The van der Waals surface area contributed by atoms with Gasteiger partial charge in [-0.2, -0.15) is 0 Å². The zero-order valence-electron chi connectivity index (χ0n) is 11.3. The highest BCUT2D eigenvalue weighted by Crippen LogP contribution is 2.23. The molecule has 0 radical (unpaired) electrons. The van der Waals surface area contributed by atoms with Crippen molar-refractivity contribution in [2.24, 2.45) is 0 Å². The fraction of sp³-hybridized carbons (Fsp3) is 0.133. The van der Waals surface area contributed by atoms with Crippen LogP contribution in [-0.2, 0) is 0 Å². The Morgan fingerprint density at radius 1 is 1.19 bits per heavy atom. The molecule has 2 aromatic carbocycles. The van der Waals surface area contributed by atoms with E-state index in [0.29, 0.717) is 6.61 Å². The summed E-state index contributed by atoms with van der Waals surface area (Å²) in [6.07, 6.45) is 0. The molecule has 0 aliphatic rings. The number of hydrogen-bond acceptors (Lipinski definition) is 4. The molecule has 3 N–H and O–H groups in total. The number of phenolic OH excluding ortho intramolecular Hbond substituents is 2.